The molecule has 9 nitrogen and oxygen atoms in total. The molecule has 1 aromatic rings. The van der Waals surface area contributed by atoms with Gasteiger partial charge >= 0.3 is 12.1 Å². The summed E-state index contributed by atoms with van der Waals surface area (Å²) in [5.74, 6) is -0.387. The van der Waals surface area contributed by atoms with E-state index in [9.17, 15) is 14.4 Å². The molecule has 0 aromatic heterocycles. The summed E-state index contributed by atoms with van der Waals surface area (Å²) in [6.07, 6.45) is 0.0476. The maximum absolute atomic E-state index is 12.8. The highest BCUT2D eigenvalue weighted by Gasteiger charge is 2.24. The molecular formula is C20H32N5O4. The van der Waals surface area contributed by atoms with E-state index < -0.39 is 23.8 Å². The second-order valence-corrected chi connectivity index (χ2v) is 7.64. The summed E-state index contributed by atoms with van der Waals surface area (Å²) in [6, 6.07) is 3.91. The van der Waals surface area contributed by atoms with Crippen LogP contribution < -0.4 is 27.0 Å². The lowest BCUT2D eigenvalue weighted by molar-refractivity contribution is -0.118. The van der Waals surface area contributed by atoms with Crippen LogP contribution in [0.2, 0.25) is 0 Å². The first kappa shape index (κ1) is 24.2. The van der Waals surface area contributed by atoms with Crippen molar-refractivity contribution in [1.29, 1.82) is 0 Å². The van der Waals surface area contributed by atoms with Crippen LogP contribution in [0.25, 0.3) is 0 Å². The molecule has 0 aliphatic rings. The van der Waals surface area contributed by atoms with Crippen LogP contribution in [0.3, 0.4) is 0 Å². The minimum atomic E-state index is -0.841. The predicted octanol–water partition coefficient (Wildman–Crippen LogP) is 1.87. The zero-order valence-electron chi connectivity index (χ0n) is 17.6. The van der Waals surface area contributed by atoms with E-state index in [0.717, 1.165) is 11.1 Å². The van der Waals surface area contributed by atoms with E-state index in [1.807, 2.05) is 19.2 Å². The Hall–Kier alpha value is -2.81. The van der Waals surface area contributed by atoms with Crippen LogP contribution in [0.5, 0.6) is 0 Å². The monoisotopic (exact) mass is 406 g/mol. The van der Waals surface area contributed by atoms with Crippen molar-refractivity contribution in [2.24, 2.45) is 5.73 Å². The number of hydrogen-bond acceptors (Lipinski definition) is 5. The molecule has 1 rings (SSSR count). The Labute approximate surface area is 172 Å². The summed E-state index contributed by atoms with van der Waals surface area (Å²) < 4.78 is 5.24. The van der Waals surface area contributed by atoms with Crippen LogP contribution in [0.1, 0.15) is 44.7 Å². The fraction of sp³-hybridized carbons (Fsp3) is 0.500. The molecule has 29 heavy (non-hydrogen) atoms. The lowest BCUT2D eigenvalue weighted by Crippen LogP contribution is -2.46. The molecule has 0 fully saturated rings. The van der Waals surface area contributed by atoms with Crippen molar-refractivity contribution >= 4 is 23.7 Å². The van der Waals surface area contributed by atoms with Gasteiger partial charge < -0.3 is 31.7 Å². The van der Waals surface area contributed by atoms with E-state index in [2.05, 4.69) is 28.2 Å². The first-order chi connectivity index (χ1) is 13.5. The van der Waals surface area contributed by atoms with Crippen molar-refractivity contribution in [1.82, 2.24) is 16.0 Å². The summed E-state index contributed by atoms with van der Waals surface area (Å²) >= 11 is 0. The molecule has 0 unspecified atom stereocenters. The Kier molecular flexibility index (Phi) is 9.40. The van der Waals surface area contributed by atoms with E-state index in [1.54, 1.807) is 26.8 Å². The Morgan fingerprint density at radius 2 is 1.93 bits per heavy atom. The van der Waals surface area contributed by atoms with Crippen LogP contribution in [0.15, 0.2) is 18.2 Å². The zero-order chi connectivity index (χ0) is 22.0. The number of carbonyl (C=O) groups is 3. The highest BCUT2D eigenvalue weighted by molar-refractivity contribution is 5.96. The second kappa shape index (κ2) is 11.3. The maximum atomic E-state index is 12.8. The first-order valence-corrected chi connectivity index (χ1v) is 9.45. The molecule has 1 atom stereocenters. The number of primary amides is 1. The fourth-order valence-corrected chi connectivity index (χ4v) is 2.52. The topological polar surface area (TPSA) is 135 Å². The number of rotatable bonds is 9. The third kappa shape index (κ3) is 9.79. The van der Waals surface area contributed by atoms with Crippen LogP contribution in [-0.2, 0) is 16.1 Å². The SMILES string of the molecule is [CH2]c1ccc(NC(=O)[C@H](CCCNC(N)=O)NC(=O)OC(C)(C)C)cc1CNC. The standard InChI is InChI=1S/C20H32N5O4/c1-13-8-9-15(11-14(13)12-22-5)24-17(26)16(7-6-10-23-18(21)27)25-19(28)29-20(2,3)4/h8-9,11,16,22H,1,6-7,10,12H2,2-5H3,(H,24,26)(H,25,28)(H3,21,23,27)/t16-/m0/s1. The summed E-state index contributed by atoms with van der Waals surface area (Å²) in [6.45, 7) is 10.1. The maximum Gasteiger partial charge on any atom is 0.408 e. The summed E-state index contributed by atoms with van der Waals surface area (Å²) in [5.41, 5.74) is 6.76. The van der Waals surface area contributed by atoms with Gasteiger partial charge in [-0.1, -0.05) is 6.07 Å². The highest BCUT2D eigenvalue weighted by Crippen LogP contribution is 2.16. The average molecular weight is 407 g/mol. The Morgan fingerprint density at radius 3 is 2.52 bits per heavy atom. The quantitative estimate of drug-likeness (QED) is 0.399. The Morgan fingerprint density at radius 1 is 1.24 bits per heavy atom. The molecule has 0 saturated heterocycles. The van der Waals surface area contributed by atoms with Gasteiger partial charge in [0.15, 0.2) is 0 Å². The van der Waals surface area contributed by atoms with Crippen molar-refractivity contribution in [3.63, 3.8) is 0 Å². The average Bonchev–Trinajstić information content (AvgIpc) is 2.58. The fourth-order valence-electron chi connectivity index (χ4n) is 2.52. The number of alkyl carbamates (subject to hydrolysis) is 1. The lowest BCUT2D eigenvalue weighted by Gasteiger charge is -2.23. The minimum Gasteiger partial charge on any atom is -0.444 e. The van der Waals surface area contributed by atoms with E-state index in [4.69, 9.17) is 10.5 Å². The number of benzene rings is 1. The number of hydrogen-bond donors (Lipinski definition) is 5. The smallest absolute Gasteiger partial charge is 0.408 e. The third-order valence-corrected chi connectivity index (χ3v) is 3.82. The molecule has 0 saturated carbocycles. The van der Waals surface area contributed by atoms with Crippen LogP contribution in [0, 0.1) is 6.92 Å². The number of amides is 4. The summed E-state index contributed by atoms with van der Waals surface area (Å²) in [7, 11) is 1.82. The first-order valence-electron chi connectivity index (χ1n) is 9.45. The number of ether oxygens (including phenoxy) is 1. The van der Waals surface area contributed by atoms with E-state index in [-0.39, 0.29) is 12.5 Å². The molecule has 161 valence electrons. The van der Waals surface area contributed by atoms with Gasteiger partial charge in [-0.3, -0.25) is 4.79 Å². The van der Waals surface area contributed by atoms with Gasteiger partial charge in [0, 0.05) is 18.8 Å². The van der Waals surface area contributed by atoms with Crippen molar-refractivity contribution < 1.29 is 19.1 Å². The lowest BCUT2D eigenvalue weighted by atomic mass is 10.1. The van der Waals surface area contributed by atoms with Crippen LogP contribution in [-0.4, -0.2) is 43.3 Å². The van der Waals surface area contributed by atoms with Gasteiger partial charge in [-0.2, -0.15) is 0 Å². The number of nitrogens with one attached hydrogen (secondary N) is 4. The molecular weight excluding hydrogens is 374 g/mol. The zero-order valence-corrected chi connectivity index (χ0v) is 17.6. The third-order valence-electron chi connectivity index (χ3n) is 3.82. The van der Waals surface area contributed by atoms with E-state index in [1.165, 1.54) is 0 Å². The molecule has 4 amide bonds. The number of anilines is 1. The number of nitrogens with two attached hydrogens (primary N) is 1. The molecule has 1 radical (unpaired) electrons. The van der Waals surface area contributed by atoms with Gasteiger partial charge in [0.05, 0.1) is 0 Å². The molecule has 6 N–H and O–H groups in total. The highest BCUT2D eigenvalue weighted by atomic mass is 16.6. The van der Waals surface area contributed by atoms with Crippen LogP contribution in [0.4, 0.5) is 15.3 Å². The van der Waals surface area contributed by atoms with E-state index >= 15 is 0 Å². The van der Waals surface area contributed by atoms with E-state index in [0.29, 0.717) is 25.1 Å². The number of urea groups is 1. The van der Waals surface area contributed by atoms with Gasteiger partial charge in [0.25, 0.3) is 0 Å². The molecule has 0 heterocycles. The van der Waals surface area contributed by atoms with Gasteiger partial charge in [-0.15, -0.1) is 0 Å². The normalized spacial score (nSPS) is 12.0. The Balaban J connectivity index is 2.83. The van der Waals surface area contributed by atoms with Gasteiger partial charge in [0.2, 0.25) is 5.91 Å². The van der Waals surface area contributed by atoms with Gasteiger partial charge in [0.1, 0.15) is 11.6 Å². The van der Waals surface area contributed by atoms with Gasteiger partial charge in [-0.05, 0) is 70.8 Å². The Bertz CT molecular complexity index is 715. The molecule has 0 spiro atoms. The van der Waals surface area contributed by atoms with Crippen molar-refractivity contribution in [2.45, 2.75) is 51.8 Å². The molecule has 0 aliphatic heterocycles. The predicted molar refractivity (Wildman–Crippen MR) is 112 cm³/mol. The summed E-state index contributed by atoms with van der Waals surface area (Å²) in [4.78, 5) is 35.7. The molecule has 1 aromatic carbocycles. The number of carbonyl (C=O) groups excluding carboxylic acids is 3. The summed E-state index contributed by atoms with van der Waals surface area (Å²) in [5, 5.41) is 10.9. The molecule has 9 heteroatoms. The molecule has 0 aliphatic carbocycles. The van der Waals surface area contributed by atoms with Crippen LogP contribution >= 0.6 is 0 Å². The molecule has 0 bridgehead atoms. The minimum absolute atomic E-state index is 0.289. The van der Waals surface area contributed by atoms with Crippen molar-refractivity contribution in [3.8, 4) is 0 Å². The van der Waals surface area contributed by atoms with Crippen molar-refractivity contribution in [3.05, 3.63) is 36.2 Å². The van der Waals surface area contributed by atoms with Gasteiger partial charge in [-0.25, -0.2) is 9.59 Å². The van der Waals surface area contributed by atoms with Crippen molar-refractivity contribution in [2.75, 3.05) is 18.9 Å². The largest absolute Gasteiger partial charge is 0.444 e. The second-order valence-electron chi connectivity index (χ2n) is 7.64.